The molecule has 2 aliphatic rings. The molecule has 1 aromatic heterocycles. The fourth-order valence-corrected chi connectivity index (χ4v) is 4.07. The average molecular weight is 418 g/mol. The van der Waals surface area contributed by atoms with E-state index in [9.17, 15) is 0 Å². The molecule has 1 saturated carbocycles. The Labute approximate surface area is 181 Å². The Morgan fingerprint density at radius 2 is 1.80 bits per heavy atom. The first kappa shape index (κ1) is 22.7. The molecule has 0 atom stereocenters. The first-order valence-electron chi connectivity index (χ1n) is 11.7. The van der Waals surface area contributed by atoms with Crippen molar-refractivity contribution in [2.24, 2.45) is 4.99 Å². The van der Waals surface area contributed by atoms with E-state index in [0.717, 1.165) is 70.9 Å². The van der Waals surface area contributed by atoms with E-state index in [4.69, 9.17) is 9.73 Å². The van der Waals surface area contributed by atoms with Gasteiger partial charge in [0.05, 0.1) is 19.3 Å². The smallest absolute Gasteiger partial charge is 0.225 e. The lowest BCUT2D eigenvalue weighted by atomic mass is 10.1. The SMILES string of the molecule is CCNC(=NCCN1CCN(c2ncccn2)CC1)NCCOC1CCCCCC1. The van der Waals surface area contributed by atoms with Gasteiger partial charge in [-0.1, -0.05) is 25.7 Å². The number of hydrogen-bond donors (Lipinski definition) is 2. The van der Waals surface area contributed by atoms with E-state index in [1.807, 2.05) is 6.07 Å². The summed E-state index contributed by atoms with van der Waals surface area (Å²) in [5, 5.41) is 6.75. The van der Waals surface area contributed by atoms with Crippen LogP contribution in [0.15, 0.2) is 23.5 Å². The predicted molar refractivity (Wildman–Crippen MR) is 122 cm³/mol. The maximum Gasteiger partial charge on any atom is 0.225 e. The highest BCUT2D eigenvalue weighted by Crippen LogP contribution is 2.19. The van der Waals surface area contributed by atoms with Crippen LogP contribution in [-0.4, -0.2) is 85.9 Å². The minimum Gasteiger partial charge on any atom is -0.376 e. The second-order valence-corrected chi connectivity index (χ2v) is 8.05. The highest BCUT2D eigenvalue weighted by Gasteiger charge is 2.18. The minimum atomic E-state index is 0.453. The van der Waals surface area contributed by atoms with Gasteiger partial charge in [0.2, 0.25) is 5.95 Å². The lowest BCUT2D eigenvalue weighted by Crippen LogP contribution is -2.48. The van der Waals surface area contributed by atoms with E-state index in [-0.39, 0.29) is 0 Å². The number of guanidine groups is 1. The maximum atomic E-state index is 6.07. The summed E-state index contributed by atoms with van der Waals surface area (Å²) >= 11 is 0. The highest BCUT2D eigenvalue weighted by atomic mass is 16.5. The molecule has 0 spiro atoms. The van der Waals surface area contributed by atoms with Gasteiger partial charge in [-0.2, -0.15) is 0 Å². The third-order valence-electron chi connectivity index (χ3n) is 5.79. The molecule has 168 valence electrons. The van der Waals surface area contributed by atoms with Crippen molar-refractivity contribution in [2.45, 2.75) is 51.6 Å². The van der Waals surface area contributed by atoms with Crippen molar-refractivity contribution in [1.29, 1.82) is 0 Å². The van der Waals surface area contributed by atoms with Crippen molar-refractivity contribution in [3.63, 3.8) is 0 Å². The maximum absolute atomic E-state index is 6.07. The molecule has 3 rings (SSSR count). The quantitative estimate of drug-likeness (QED) is 0.275. The zero-order chi connectivity index (χ0) is 20.9. The summed E-state index contributed by atoms with van der Waals surface area (Å²) in [4.78, 5) is 18.2. The van der Waals surface area contributed by atoms with Crippen molar-refractivity contribution in [1.82, 2.24) is 25.5 Å². The summed E-state index contributed by atoms with van der Waals surface area (Å²) in [5.41, 5.74) is 0. The molecule has 1 saturated heterocycles. The molecule has 1 aliphatic carbocycles. The number of aliphatic imine (C=N–C) groups is 1. The second kappa shape index (κ2) is 13.4. The Morgan fingerprint density at radius 3 is 2.50 bits per heavy atom. The Hall–Kier alpha value is -1.93. The topological polar surface area (TPSA) is 77.9 Å². The lowest BCUT2D eigenvalue weighted by molar-refractivity contribution is 0.0468. The van der Waals surface area contributed by atoms with E-state index in [2.05, 4.69) is 37.3 Å². The first-order chi connectivity index (χ1) is 14.8. The molecule has 0 unspecified atom stereocenters. The first-order valence-corrected chi connectivity index (χ1v) is 11.7. The zero-order valence-corrected chi connectivity index (χ0v) is 18.6. The molecule has 1 aliphatic heterocycles. The van der Waals surface area contributed by atoms with Crippen LogP contribution in [0.5, 0.6) is 0 Å². The average Bonchev–Trinajstić information content (AvgIpc) is 3.07. The van der Waals surface area contributed by atoms with Gasteiger partial charge in [-0.25, -0.2) is 9.97 Å². The molecular formula is C22H39N7O. The van der Waals surface area contributed by atoms with Crippen molar-refractivity contribution >= 4 is 11.9 Å². The van der Waals surface area contributed by atoms with Crippen LogP contribution >= 0.6 is 0 Å². The van der Waals surface area contributed by atoms with Crippen LogP contribution < -0.4 is 15.5 Å². The normalized spacial score (nSPS) is 19.5. The number of nitrogens with one attached hydrogen (secondary N) is 2. The van der Waals surface area contributed by atoms with Crippen LogP contribution in [0.25, 0.3) is 0 Å². The Bertz CT molecular complexity index is 597. The van der Waals surface area contributed by atoms with Crippen molar-refractivity contribution in [3.05, 3.63) is 18.5 Å². The summed E-state index contributed by atoms with van der Waals surface area (Å²) < 4.78 is 6.07. The van der Waals surface area contributed by atoms with E-state index in [1.165, 1.54) is 38.5 Å². The molecular weight excluding hydrogens is 378 g/mol. The zero-order valence-electron chi connectivity index (χ0n) is 18.6. The fraction of sp³-hybridized carbons (Fsp3) is 0.773. The fourth-order valence-electron chi connectivity index (χ4n) is 4.07. The number of nitrogens with zero attached hydrogens (tertiary/aromatic N) is 5. The summed E-state index contributed by atoms with van der Waals surface area (Å²) in [6, 6.07) is 1.86. The number of anilines is 1. The van der Waals surface area contributed by atoms with Crippen molar-refractivity contribution < 1.29 is 4.74 Å². The van der Waals surface area contributed by atoms with Crippen LogP contribution in [0.4, 0.5) is 5.95 Å². The van der Waals surface area contributed by atoms with Gasteiger partial charge < -0.3 is 20.3 Å². The number of hydrogen-bond acceptors (Lipinski definition) is 6. The van der Waals surface area contributed by atoms with Gasteiger partial charge in [0.1, 0.15) is 0 Å². The van der Waals surface area contributed by atoms with Gasteiger partial charge in [-0.15, -0.1) is 0 Å². The van der Waals surface area contributed by atoms with E-state index in [0.29, 0.717) is 6.10 Å². The highest BCUT2D eigenvalue weighted by molar-refractivity contribution is 5.79. The molecule has 2 N–H and O–H groups in total. The van der Waals surface area contributed by atoms with Crippen LogP contribution in [-0.2, 0) is 4.74 Å². The van der Waals surface area contributed by atoms with Crippen molar-refractivity contribution in [2.75, 3.05) is 63.9 Å². The molecule has 0 bridgehead atoms. The van der Waals surface area contributed by atoms with E-state index < -0.39 is 0 Å². The molecule has 1 aromatic rings. The van der Waals surface area contributed by atoms with Crippen LogP contribution in [0, 0.1) is 0 Å². The number of rotatable bonds is 9. The van der Waals surface area contributed by atoms with Gasteiger partial charge in [-0.3, -0.25) is 9.89 Å². The molecule has 0 amide bonds. The molecule has 2 heterocycles. The van der Waals surface area contributed by atoms with E-state index in [1.54, 1.807) is 12.4 Å². The third kappa shape index (κ3) is 8.07. The Morgan fingerprint density at radius 1 is 1.07 bits per heavy atom. The largest absolute Gasteiger partial charge is 0.376 e. The van der Waals surface area contributed by atoms with Crippen LogP contribution in [0.1, 0.15) is 45.4 Å². The molecule has 30 heavy (non-hydrogen) atoms. The number of ether oxygens (including phenoxy) is 1. The number of aromatic nitrogens is 2. The summed E-state index contributed by atoms with van der Waals surface area (Å²) in [6.07, 6.45) is 11.9. The van der Waals surface area contributed by atoms with Crippen LogP contribution in [0.3, 0.4) is 0 Å². The van der Waals surface area contributed by atoms with Crippen LogP contribution in [0.2, 0.25) is 0 Å². The predicted octanol–water partition coefficient (Wildman–Crippen LogP) is 1.89. The Balaban J connectivity index is 1.31. The summed E-state index contributed by atoms with van der Waals surface area (Å²) in [6.45, 7) is 10.3. The van der Waals surface area contributed by atoms with Gasteiger partial charge in [0.25, 0.3) is 0 Å². The summed E-state index contributed by atoms with van der Waals surface area (Å²) in [5.74, 6) is 1.72. The molecule has 0 aromatic carbocycles. The lowest BCUT2D eigenvalue weighted by Gasteiger charge is -2.34. The van der Waals surface area contributed by atoms with Gasteiger partial charge >= 0.3 is 0 Å². The molecule has 8 nitrogen and oxygen atoms in total. The Kier molecular flexibility index (Phi) is 10.2. The van der Waals surface area contributed by atoms with E-state index >= 15 is 0 Å². The minimum absolute atomic E-state index is 0.453. The van der Waals surface area contributed by atoms with Gasteiger partial charge in [0, 0.05) is 58.2 Å². The molecule has 8 heteroatoms. The van der Waals surface area contributed by atoms with Crippen molar-refractivity contribution in [3.8, 4) is 0 Å². The second-order valence-electron chi connectivity index (χ2n) is 8.05. The monoisotopic (exact) mass is 417 g/mol. The summed E-state index contributed by atoms with van der Waals surface area (Å²) in [7, 11) is 0. The molecule has 2 fully saturated rings. The third-order valence-corrected chi connectivity index (χ3v) is 5.79. The van der Waals surface area contributed by atoms with Gasteiger partial charge in [-0.05, 0) is 25.8 Å². The number of piperazine rings is 1. The van der Waals surface area contributed by atoms with Gasteiger partial charge in [0.15, 0.2) is 5.96 Å². The molecule has 0 radical (unpaired) electrons. The standard InChI is InChI=1S/C22H39N7O/c1-2-23-21(25-13-19-30-20-8-5-3-4-6-9-20)24-12-14-28-15-17-29(18-16-28)22-26-10-7-11-27-22/h7,10-11,20H,2-6,8-9,12-19H2,1H3,(H2,23,24,25).